The lowest BCUT2D eigenvalue weighted by Gasteiger charge is -2.48. The molecule has 1 aromatic carbocycles. The van der Waals surface area contributed by atoms with Crippen molar-refractivity contribution in [2.75, 3.05) is 19.7 Å². The fourth-order valence-electron chi connectivity index (χ4n) is 4.08. The lowest BCUT2D eigenvalue weighted by Crippen LogP contribution is -2.59. The molecular formula is C20H26ClN3O3. The van der Waals surface area contributed by atoms with Crippen LogP contribution in [0.4, 0.5) is 0 Å². The second-order valence-electron chi connectivity index (χ2n) is 7.20. The number of nitrogens with zero attached hydrogens (tertiary/aromatic N) is 3. The average molecular weight is 392 g/mol. The molecule has 2 unspecified atom stereocenters. The Bertz CT molecular complexity index is 785. The number of aliphatic hydroxyl groups excluding tert-OH is 1. The van der Waals surface area contributed by atoms with E-state index in [1.165, 1.54) is 0 Å². The summed E-state index contributed by atoms with van der Waals surface area (Å²) in [4.78, 5) is 6.64. The minimum absolute atomic E-state index is 0. The number of fused-ring (bicyclic) bond motifs is 3. The van der Waals surface area contributed by atoms with Crippen LogP contribution in [0.3, 0.4) is 0 Å². The summed E-state index contributed by atoms with van der Waals surface area (Å²) in [5, 5.41) is 14.4. The normalized spacial score (nSPS) is 26.4. The van der Waals surface area contributed by atoms with Gasteiger partial charge in [-0.1, -0.05) is 11.2 Å². The molecule has 7 heteroatoms. The summed E-state index contributed by atoms with van der Waals surface area (Å²) < 4.78 is 11.4. The Hall–Kier alpha value is -1.89. The number of piperidine rings is 3. The van der Waals surface area contributed by atoms with Gasteiger partial charge >= 0.3 is 0 Å². The van der Waals surface area contributed by atoms with Crippen molar-refractivity contribution in [2.45, 2.75) is 38.3 Å². The van der Waals surface area contributed by atoms with Gasteiger partial charge in [-0.3, -0.25) is 4.90 Å². The van der Waals surface area contributed by atoms with E-state index in [0.717, 1.165) is 42.8 Å². The number of allylic oxidation sites excluding steroid dienone is 1. The fourth-order valence-corrected chi connectivity index (χ4v) is 4.08. The van der Waals surface area contributed by atoms with Crippen LogP contribution in [0.2, 0.25) is 0 Å². The van der Waals surface area contributed by atoms with Gasteiger partial charge < -0.3 is 14.4 Å². The molecule has 0 aliphatic carbocycles. The number of hydrogen-bond acceptors (Lipinski definition) is 6. The zero-order chi connectivity index (χ0) is 18.1. The summed E-state index contributed by atoms with van der Waals surface area (Å²) in [6.45, 7) is 8.26. The van der Waals surface area contributed by atoms with Crippen molar-refractivity contribution >= 4 is 12.4 Å². The number of aryl methyl sites for hydroxylation is 1. The highest BCUT2D eigenvalue weighted by molar-refractivity contribution is 5.85. The molecule has 2 aromatic rings. The number of hydrogen-bond donors (Lipinski definition) is 1. The molecule has 1 N–H and O–H groups in total. The van der Waals surface area contributed by atoms with E-state index in [-0.39, 0.29) is 24.6 Å². The van der Waals surface area contributed by atoms with Gasteiger partial charge in [-0.25, -0.2) is 0 Å². The van der Waals surface area contributed by atoms with Crippen LogP contribution in [0.25, 0.3) is 11.5 Å². The summed E-state index contributed by atoms with van der Waals surface area (Å²) in [6.07, 6.45) is 4.44. The molecule has 0 radical (unpaired) electrons. The maximum atomic E-state index is 10.5. The van der Waals surface area contributed by atoms with Gasteiger partial charge in [-0.05, 0) is 69.0 Å². The third-order valence-electron chi connectivity index (χ3n) is 5.53. The highest BCUT2D eigenvalue weighted by Gasteiger charge is 2.41. The SMILES string of the molecule is C=CCc1cc(-c2nc(C)no2)ccc1OCC1C(O)C2CCN1CC2.Cl. The standard InChI is InChI=1S/C20H25N3O3.ClH/c1-3-4-15-11-16(20-21-13(2)22-26-20)5-6-18(15)25-12-17-19(24)14-7-9-23(17)10-8-14;/h3,5-6,11,14,17,19,24H,1,4,7-10,12H2,2H3;1H. The van der Waals surface area contributed by atoms with E-state index in [1.54, 1.807) is 6.92 Å². The van der Waals surface area contributed by atoms with E-state index in [2.05, 4.69) is 21.6 Å². The van der Waals surface area contributed by atoms with Crippen molar-refractivity contribution in [1.82, 2.24) is 15.0 Å². The van der Waals surface area contributed by atoms with Gasteiger partial charge in [0.2, 0.25) is 0 Å². The Morgan fingerprint density at radius 2 is 2.15 bits per heavy atom. The molecule has 2 bridgehead atoms. The second kappa shape index (κ2) is 8.42. The molecule has 4 heterocycles. The quantitative estimate of drug-likeness (QED) is 0.763. The number of ether oxygens (including phenoxy) is 1. The summed E-state index contributed by atoms with van der Waals surface area (Å²) in [6, 6.07) is 5.96. The van der Waals surface area contributed by atoms with Gasteiger partial charge in [-0.15, -0.1) is 19.0 Å². The monoisotopic (exact) mass is 391 g/mol. The van der Waals surface area contributed by atoms with E-state index in [0.29, 0.717) is 30.7 Å². The van der Waals surface area contributed by atoms with Crippen molar-refractivity contribution in [3.8, 4) is 17.2 Å². The zero-order valence-electron chi connectivity index (χ0n) is 15.5. The highest BCUT2D eigenvalue weighted by Crippen LogP contribution is 2.33. The van der Waals surface area contributed by atoms with Crippen molar-refractivity contribution in [3.63, 3.8) is 0 Å². The Balaban J connectivity index is 0.00000210. The van der Waals surface area contributed by atoms with E-state index >= 15 is 0 Å². The zero-order valence-corrected chi connectivity index (χ0v) is 16.3. The molecule has 0 spiro atoms. The molecule has 27 heavy (non-hydrogen) atoms. The van der Waals surface area contributed by atoms with Gasteiger partial charge in [0, 0.05) is 5.56 Å². The fraction of sp³-hybridized carbons (Fsp3) is 0.500. The van der Waals surface area contributed by atoms with Gasteiger partial charge in [0.25, 0.3) is 5.89 Å². The van der Waals surface area contributed by atoms with Crippen LogP contribution in [0.1, 0.15) is 24.2 Å². The maximum absolute atomic E-state index is 10.5. The van der Waals surface area contributed by atoms with Crippen LogP contribution in [-0.4, -0.2) is 52.0 Å². The molecule has 3 aliphatic rings. The molecular weight excluding hydrogens is 366 g/mol. The van der Waals surface area contributed by atoms with Crippen molar-refractivity contribution in [2.24, 2.45) is 5.92 Å². The summed E-state index contributed by atoms with van der Waals surface area (Å²) in [5.41, 5.74) is 1.90. The van der Waals surface area contributed by atoms with Crippen molar-refractivity contribution in [1.29, 1.82) is 0 Å². The number of halogens is 1. The first-order valence-electron chi connectivity index (χ1n) is 9.25. The molecule has 1 aromatic heterocycles. The number of aromatic nitrogens is 2. The predicted octanol–water partition coefficient (Wildman–Crippen LogP) is 3.03. The lowest BCUT2D eigenvalue weighted by molar-refractivity contribution is -0.0850. The molecule has 6 nitrogen and oxygen atoms in total. The Morgan fingerprint density at radius 1 is 1.37 bits per heavy atom. The van der Waals surface area contributed by atoms with Crippen LogP contribution in [-0.2, 0) is 6.42 Å². The maximum Gasteiger partial charge on any atom is 0.257 e. The van der Waals surface area contributed by atoms with Gasteiger partial charge in [0.05, 0.1) is 12.1 Å². The molecule has 3 aliphatic heterocycles. The van der Waals surface area contributed by atoms with Crippen molar-refractivity contribution < 1.29 is 14.4 Å². The first kappa shape index (κ1) is 19.9. The van der Waals surface area contributed by atoms with Gasteiger partial charge in [0.15, 0.2) is 5.82 Å². The minimum atomic E-state index is -0.291. The van der Waals surface area contributed by atoms with Gasteiger partial charge in [-0.2, -0.15) is 4.98 Å². The van der Waals surface area contributed by atoms with E-state index in [4.69, 9.17) is 9.26 Å². The topological polar surface area (TPSA) is 71.6 Å². The molecule has 0 saturated carbocycles. The molecule has 5 rings (SSSR count). The Labute approximate surface area is 165 Å². The minimum Gasteiger partial charge on any atom is -0.492 e. The number of benzene rings is 1. The Morgan fingerprint density at radius 3 is 2.78 bits per heavy atom. The third kappa shape index (κ3) is 4.03. The molecule has 0 amide bonds. The van der Waals surface area contributed by atoms with Gasteiger partial charge in [0.1, 0.15) is 12.4 Å². The summed E-state index contributed by atoms with van der Waals surface area (Å²) in [7, 11) is 0. The van der Waals surface area contributed by atoms with Crippen LogP contribution in [0.15, 0.2) is 35.4 Å². The second-order valence-corrected chi connectivity index (χ2v) is 7.20. The number of rotatable bonds is 6. The molecule has 3 saturated heterocycles. The van der Waals surface area contributed by atoms with Crippen LogP contribution in [0, 0.1) is 12.8 Å². The summed E-state index contributed by atoms with van der Waals surface area (Å²) >= 11 is 0. The molecule has 3 fully saturated rings. The molecule has 146 valence electrons. The predicted molar refractivity (Wildman–Crippen MR) is 105 cm³/mol. The lowest BCUT2D eigenvalue weighted by atomic mass is 9.81. The van der Waals surface area contributed by atoms with E-state index in [1.807, 2.05) is 24.3 Å². The Kier molecular flexibility index (Phi) is 6.19. The largest absolute Gasteiger partial charge is 0.492 e. The highest BCUT2D eigenvalue weighted by atomic mass is 35.5. The van der Waals surface area contributed by atoms with Crippen LogP contribution >= 0.6 is 12.4 Å². The molecule has 2 atom stereocenters. The smallest absolute Gasteiger partial charge is 0.257 e. The number of aliphatic hydroxyl groups is 1. The first-order valence-corrected chi connectivity index (χ1v) is 9.25. The van der Waals surface area contributed by atoms with Crippen molar-refractivity contribution in [3.05, 3.63) is 42.2 Å². The van der Waals surface area contributed by atoms with Crippen LogP contribution < -0.4 is 4.74 Å². The van der Waals surface area contributed by atoms with E-state index in [9.17, 15) is 5.11 Å². The van der Waals surface area contributed by atoms with E-state index < -0.39 is 0 Å². The third-order valence-corrected chi connectivity index (χ3v) is 5.53. The first-order chi connectivity index (χ1) is 12.7. The van der Waals surface area contributed by atoms with Crippen LogP contribution in [0.5, 0.6) is 5.75 Å². The summed E-state index contributed by atoms with van der Waals surface area (Å²) in [5.74, 6) is 2.36. The average Bonchev–Trinajstić information content (AvgIpc) is 3.09.